The van der Waals surface area contributed by atoms with Crippen LogP contribution in [-0.4, -0.2) is 22.7 Å². The maximum atomic E-state index is 10.1. The number of benzene rings is 4. The average Bonchev–Trinajstić information content (AvgIpc) is 2.81. The molecule has 0 saturated carbocycles. The lowest BCUT2D eigenvalue weighted by Crippen LogP contribution is -1.80. The van der Waals surface area contributed by atoms with Gasteiger partial charge in [-0.2, -0.15) is 0 Å². The van der Waals surface area contributed by atoms with E-state index in [2.05, 4.69) is 4.99 Å². The Morgan fingerprint density at radius 3 is 1.48 bits per heavy atom. The molecule has 0 bridgehead atoms. The van der Waals surface area contributed by atoms with Gasteiger partial charge in [0.1, 0.15) is 11.5 Å². The molecule has 0 amide bonds. The fourth-order valence-electron chi connectivity index (χ4n) is 2.30. The molecule has 4 aromatic rings. The molecule has 4 N–H and O–H groups in total. The molecule has 0 radical (unpaired) electrons. The minimum absolute atomic E-state index is 0.0347. The van der Waals surface area contributed by atoms with Gasteiger partial charge >= 0.3 is 0 Å². The smallest absolute Gasteiger partial charge is 0.153 e. The molecule has 0 saturated heterocycles. The van der Waals surface area contributed by atoms with Crippen LogP contribution in [0.4, 0.5) is 11.4 Å². The third-order valence-corrected chi connectivity index (χ3v) is 3.91. The number of carbonyl (C=O) groups excluding carboxylic acids is 1. The van der Waals surface area contributed by atoms with Crippen LogP contribution in [0.3, 0.4) is 0 Å². The number of hydrogen-bond donors (Lipinski definition) is 3. The monoisotopic (exact) mass is 412 g/mol. The van der Waals surface area contributed by atoms with Crippen molar-refractivity contribution >= 4 is 23.9 Å². The quantitative estimate of drug-likeness (QED) is 0.231. The molecule has 0 aromatic heterocycles. The number of hydrogen-bond acceptors (Lipinski definition) is 5. The van der Waals surface area contributed by atoms with E-state index in [9.17, 15) is 9.90 Å². The van der Waals surface area contributed by atoms with E-state index in [1.54, 1.807) is 36.5 Å². The summed E-state index contributed by atoms with van der Waals surface area (Å²) in [6.07, 6.45) is 2.28. The lowest BCUT2D eigenvalue weighted by atomic mass is 10.2. The first-order chi connectivity index (χ1) is 15.1. The van der Waals surface area contributed by atoms with Crippen molar-refractivity contribution in [1.82, 2.24) is 0 Å². The zero-order chi connectivity index (χ0) is 22.3. The molecule has 4 rings (SSSR count). The minimum Gasteiger partial charge on any atom is -0.507 e. The van der Waals surface area contributed by atoms with Gasteiger partial charge in [0.15, 0.2) is 6.29 Å². The van der Waals surface area contributed by atoms with Crippen molar-refractivity contribution in [3.05, 3.63) is 120 Å². The topological polar surface area (TPSA) is 95.9 Å². The number of anilines is 1. The molecule has 0 heterocycles. The van der Waals surface area contributed by atoms with Crippen molar-refractivity contribution in [3.8, 4) is 11.5 Å². The second-order valence-corrected chi connectivity index (χ2v) is 6.24. The Kier molecular flexibility index (Phi) is 9.57. The number of aldehydes is 1. The van der Waals surface area contributed by atoms with E-state index in [1.807, 2.05) is 72.8 Å². The largest absolute Gasteiger partial charge is 0.507 e. The number of aliphatic imine (C=N–C) groups is 1. The molecule has 0 spiro atoms. The molecule has 0 unspecified atom stereocenters. The molecule has 4 aromatic carbocycles. The van der Waals surface area contributed by atoms with E-state index in [1.165, 1.54) is 6.07 Å². The van der Waals surface area contributed by atoms with Crippen LogP contribution in [0, 0.1) is 0 Å². The normalized spacial score (nSPS) is 9.68. The summed E-state index contributed by atoms with van der Waals surface area (Å²) in [6.45, 7) is 0. The summed E-state index contributed by atoms with van der Waals surface area (Å²) < 4.78 is 0. The first kappa shape index (κ1) is 22.9. The molecule has 156 valence electrons. The zero-order valence-corrected chi connectivity index (χ0v) is 16.9. The summed E-state index contributed by atoms with van der Waals surface area (Å²) >= 11 is 0. The second-order valence-electron chi connectivity index (χ2n) is 6.24. The molecule has 31 heavy (non-hydrogen) atoms. The molecule has 0 aliphatic heterocycles. The highest BCUT2D eigenvalue weighted by Crippen LogP contribution is 2.15. The Balaban J connectivity index is 0.000000181. The third kappa shape index (κ3) is 8.66. The summed E-state index contributed by atoms with van der Waals surface area (Å²) in [6, 6.07) is 32.6. The van der Waals surface area contributed by atoms with E-state index in [0.717, 1.165) is 16.9 Å². The van der Waals surface area contributed by atoms with Crippen molar-refractivity contribution in [2.75, 3.05) is 5.73 Å². The van der Waals surface area contributed by atoms with Crippen molar-refractivity contribution in [3.63, 3.8) is 0 Å². The van der Waals surface area contributed by atoms with Gasteiger partial charge in [0, 0.05) is 17.5 Å². The van der Waals surface area contributed by atoms with Gasteiger partial charge in [-0.1, -0.05) is 60.7 Å². The summed E-state index contributed by atoms with van der Waals surface area (Å²) in [4.78, 5) is 14.3. The summed E-state index contributed by atoms with van der Waals surface area (Å²) in [5.74, 6) is 0.282. The van der Waals surface area contributed by atoms with Crippen LogP contribution in [0.1, 0.15) is 15.9 Å². The van der Waals surface area contributed by atoms with Crippen LogP contribution >= 0.6 is 0 Å². The molecule has 5 nitrogen and oxygen atoms in total. The minimum atomic E-state index is 0.0347. The fourth-order valence-corrected chi connectivity index (χ4v) is 2.30. The van der Waals surface area contributed by atoms with E-state index in [4.69, 9.17) is 10.8 Å². The van der Waals surface area contributed by atoms with Crippen LogP contribution in [0.5, 0.6) is 11.5 Å². The van der Waals surface area contributed by atoms with Crippen LogP contribution in [0.25, 0.3) is 0 Å². The average molecular weight is 412 g/mol. The lowest BCUT2D eigenvalue weighted by molar-refractivity contribution is 0.112. The van der Waals surface area contributed by atoms with Gasteiger partial charge in [0.25, 0.3) is 0 Å². The first-order valence-corrected chi connectivity index (χ1v) is 9.51. The number of aromatic hydroxyl groups is 2. The maximum Gasteiger partial charge on any atom is 0.153 e. The van der Waals surface area contributed by atoms with Gasteiger partial charge in [-0.3, -0.25) is 9.79 Å². The Labute approximate surface area is 181 Å². The summed E-state index contributed by atoms with van der Waals surface area (Å²) in [7, 11) is 0. The number of carbonyl (C=O) groups is 1. The van der Waals surface area contributed by atoms with Crippen LogP contribution in [0.2, 0.25) is 0 Å². The highest BCUT2D eigenvalue weighted by atomic mass is 16.3. The van der Waals surface area contributed by atoms with Gasteiger partial charge in [0.05, 0.1) is 11.3 Å². The number of para-hydroxylation sites is 4. The molecule has 0 aliphatic rings. The number of nitrogens with two attached hydrogens (primary N) is 1. The van der Waals surface area contributed by atoms with Crippen molar-refractivity contribution in [2.24, 2.45) is 4.99 Å². The molecule has 0 atom stereocenters. The lowest BCUT2D eigenvalue weighted by Gasteiger charge is -1.96. The Morgan fingerprint density at radius 1 is 0.613 bits per heavy atom. The van der Waals surface area contributed by atoms with Gasteiger partial charge in [-0.25, -0.2) is 0 Å². The van der Waals surface area contributed by atoms with E-state index in [0.29, 0.717) is 11.8 Å². The van der Waals surface area contributed by atoms with Gasteiger partial charge in [-0.15, -0.1) is 0 Å². The third-order valence-electron chi connectivity index (χ3n) is 3.91. The number of phenols is 2. The summed E-state index contributed by atoms with van der Waals surface area (Å²) in [5.41, 5.74) is 8.11. The predicted octanol–water partition coefficient (Wildman–Crippen LogP) is 5.62. The van der Waals surface area contributed by atoms with Gasteiger partial charge < -0.3 is 15.9 Å². The molecule has 0 fully saturated rings. The number of nitrogen functional groups attached to an aromatic ring is 1. The van der Waals surface area contributed by atoms with Gasteiger partial charge in [0.2, 0.25) is 0 Å². The van der Waals surface area contributed by atoms with Crippen molar-refractivity contribution < 1.29 is 15.0 Å². The maximum absolute atomic E-state index is 10.1. The Hall–Kier alpha value is -4.38. The highest BCUT2D eigenvalue weighted by Gasteiger charge is 1.94. The Morgan fingerprint density at radius 2 is 1.06 bits per heavy atom. The summed E-state index contributed by atoms with van der Waals surface area (Å²) in [5, 5.41) is 18.4. The molecular formula is C26H24N2O3. The number of phenolic OH excluding ortho intramolecular Hbond substituents is 2. The Bertz CT molecular complexity index is 1080. The molecule has 5 heteroatoms. The van der Waals surface area contributed by atoms with Gasteiger partial charge in [-0.05, 0) is 48.5 Å². The van der Waals surface area contributed by atoms with E-state index < -0.39 is 0 Å². The zero-order valence-electron chi connectivity index (χ0n) is 16.9. The SMILES string of the molecule is Nc1ccccc1.O=Cc1ccccc1O.Oc1ccccc1C=Nc1ccccc1. The van der Waals surface area contributed by atoms with Crippen LogP contribution in [0.15, 0.2) is 114 Å². The van der Waals surface area contributed by atoms with Crippen LogP contribution < -0.4 is 5.73 Å². The van der Waals surface area contributed by atoms with Crippen molar-refractivity contribution in [1.29, 1.82) is 0 Å². The number of nitrogens with zero attached hydrogens (tertiary/aromatic N) is 1. The first-order valence-electron chi connectivity index (χ1n) is 9.51. The van der Waals surface area contributed by atoms with E-state index >= 15 is 0 Å². The van der Waals surface area contributed by atoms with E-state index in [-0.39, 0.29) is 11.5 Å². The standard InChI is InChI=1S/C13H11NO.C7H6O2.C6H7N/c15-13-9-5-4-6-11(13)10-14-12-7-2-1-3-8-12;8-5-6-3-1-2-4-7(6)9;7-6-4-2-1-3-5-6/h1-10,15H;1-5,9H;1-5H,7H2. The predicted molar refractivity (Wildman–Crippen MR) is 126 cm³/mol. The fraction of sp³-hybridized carbons (Fsp3) is 0. The molecular weight excluding hydrogens is 388 g/mol. The van der Waals surface area contributed by atoms with Crippen LogP contribution in [-0.2, 0) is 0 Å². The second kappa shape index (κ2) is 13.0. The molecule has 0 aliphatic carbocycles. The number of rotatable bonds is 3. The highest BCUT2D eigenvalue weighted by molar-refractivity contribution is 5.85. The van der Waals surface area contributed by atoms with Crippen molar-refractivity contribution in [2.45, 2.75) is 0 Å².